The highest BCUT2D eigenvalue weighted by Gasteiger charge is 2.25. The third-order valence-electron chi connectivity index (χ3n) is 2.74. The van der Waals surface area contributed by atoms with Gasteiger partial charge in [0.2, 0.25) is 0 Å². The Morgan fingerprint density at radius 2 is 1.38 bits per heavy atom. The second-order valence-corrected chi connectivity index (χ2v) is 5.18. The fourth-order valence-electron chi connectivity index (χ4n) is 1.62. The summed E-state index contributed by atoms with van der Waals surface area (Å²) in [7, 11) is 3.10. The number of rotatable bonds is 14. The van der Waals surface area contributed by atoms with Crippen LogP contribution in [0.2, 0.25) is 0 Å². The summed E-state index contributed by atoms with van der Waals surface area (Å²) in [6.07, 6.45) is 6.15. The number of aliphatic carboxylic acids is 2. The van der Waals surface area contributed by atoms with Crippen molar-refractivity contribution in [3.63, 3.8) is 0 Å². The lowest BCUT2D eigenvalue weighted by Crippen LogP contribution is -2.34. The Labute approximate surface area is 155 Å². The number of ether oxygens (including phenoxy) is 4. The van der Waals surface area contributed by atoms with Crippen LogP contribution in [0.1, 0.15) is 26.7 Å². The van der Waals surface area contributed by atoms with Gasteiger partial charge in [-0.15, -0.1) is 0 Å². The molecule has 0 aromatic carbocycles. The van der Waals surface area contributed by atoms with Crippen LogP contribution < -0.4 is 0 Å². The van der Waals surface area contributed by atoms with Crippen molar-refractivity contribution in [1.29, 1.82) is 0 Å². The first-order valence-electron chi connectivity index (χ1n) is 8.41. The van der Waals surface area contributed by atoms with Crippen molar-refractivity contribution in [2.75, 3.05) is 47.3 Å². The number of carbonyl (C=O) groups is 2. The summed E-state index contributed by atoms with van der Waals surface area (Å²) in [5, 5.41) is 17.2. The molecule has 0 heterocycles. The van der Waals surface area contributed by atoms with Gasteiger partial charge in [0.1, 0.15) is 5.60 Å². The van der Waals surface area contributed by atoms with E-state index in [1.165, 1.54) is 19.3 Å². The molecule has 8 heteroatoms. The van der Waals surface area contributed by atoms with Gasteiger partial charge in [0, 0.05) is 39.6 Å². The first kappa shape index (κ1) is 26.5. The van der Waals surface area contributed by atoms with Gasteiger partial charge in [0.25, 0.3) is 0 Å². The lowest BCUT2D eigenvalue weighted by molar-refractivity contribution is -0.132. The van der Waals surface area contributed by atoms with E-state index < -0.39 is 17.5 Å². The minimum Gasteiger partial charge on any atom is -0.478 e. The maximum atomic E-state index is 10.5. The van der Waals surface area contributed by atoms with E-state index in [1.807, 2.05) is 6.92 Å². The van der Waals surface area contributed by atoms with Crippen LogP contribution in [-0.4, -0.2) is 75.0 Å². The molecule has 0 saturated carbocycles. The summed E-state index contributed by atoms with van der Waals surface area (Å²) in [6.45, 7) is 6.65. The van der Waals surface area contributed by atoms with Gasteiger partial charge in [-0.3, -0.25) is 0 Å². The largest absolute Gasteiger partial charge is 0.478 e. The first-order valence-corrected chi connectivity index (χ1v) is 8.41. The van der Waals surface area contributed by atoms with Gasteiger partial charge in [-0.05, 0) is 25.0 Å². The van der Waals surface area contributed by atoms with Crippen molar-refractivity contribution in [3.8, 4) is 0 Å². The zero-order valence-electron chi connectivity index (χ0n) is 16.1. The molecule has 0 aromatic heterocycles. The Hall–Kier alpha value is -1.74. The predicted octanol–water partition coefficient (Wildman–Crippen LogP) is 2.14. The van der Waals surface area contributed by atoms with Gasteiger partial charge < -0.3 is 29.2 Å². The van der Waals surface area contributed by atoms with Crippen LogP contribution in [0.15, 0.2) is 24.3 Å². The van der Waals surface area contributed by atoms with Crippen molar-refractivity contribution in [3.05, 3.63) is 24.3 Å². The molecule has 8 nitrogen and oxygen atoms in total. The summed E-state index contributed by atoms with van der Waals surface area (Å²) >= 11 is 0. The van der Waals surface area contributed by atoms with Gasteiger partial charge in [-0.25, -0.2) is 9.59 Å². The van der Waals surface area contributed by atoms with E-state index in [4.69, 9.17) is 29.2 Å². The Bertz CT molecular complexity index is 387. The molecule has 0 amide bonds. The minimum absolute atomic E-state index is 0.0283. The van der Waals surface area contributed by atoms with Crippen molar-refractivity contribution in [1.82, 2.24) is 0 Å². The Balaban J connectivity index is 0. The van der Waals surface area contributed by atoms with Gasteiger partial charge in [-0.2, -0.15) is 0 Å². The summed E-state index contributed by atoms with van der Waals surface area (Å²) in [4.78, 5) is 21.1. The van der Waals surface area contributed by atoms with Crippen LogP contribution in [0.25, 0.3) is 0 Å². The number of hydrogen-bond donors (Lipinski definition) is 2. The molecule has 152 valence electrons. The maximum absolute atomic E-state index is 10.5. The smallest absolute Gasteiger partial charge is 0.328 e. The average Bonchev–Trinajstić information content (AvgIpc) is 2.60. The van der Waals surface area contributed by atoms with Gasteiger partial charge in [0.15, 0.2) is 0 Å². The number of hydrogen-bond acceptors (Lipinski definition) is 6. The van der Waals surface area contributed by atoms with Crippen molar-refractivity contribution >= 4 is 11.9 Å². The highest BCUT2D eigenvalue weighted by Crippen LogP contribution is 2.17. The van der Waals surface area contributed by atoms with Crippen molar-refractivity contribution < 1.29 is 38.7 Å². The molecular weight excluding hydrogens is 344 g/mol. The first-order chi connectivity index (χ1) is 12.4. The van der Waals surface area contributed by atoms with Crippen LogP contribution in [0.4, 0.5) is 0 Å². The molecule has 2 N–H and O–H groups in total. The molecule has 0 aromatic rings. The topological polar surface area (TPSA) is 112 Å². The number of carboxylic acid groups (broad SMARTS) is 2. The van der Waals surface area contributed by atoms with Crippen LogP contribution in [0, 0.1) is 0 Å². The maximum Gasteiger partial charge on any atom is 0.328 e. The third kappa shape index (κ3) is 17.1. The fourth-order valence-corrected chi connectivity index (χ4v) is 1.62. The Morgan fingerprint density at radius 3 is 1.77 bits per heavy atom. The molecule has 0 spiro atoms. The van der Waals surface area contributed by atoms with Crippen LogP contribution in [0.3, 0.4) is 0 Å². The van der Waals surface area contributed by atoms with Crippen LogP contribution in [0.5, 0.6) is 0 Å². The lowest BCUT2D eigenvalue weighted by atomic mass is 10.0. The Morgan fingerprint density at radius 1 is 0.846 bits per heavy atom. The molecule has 0 unspecified atom stereocenters. The summed E-state index contributed by atoms with van der Waals surface area (Å²) in [5.74, 6) is -2.28. The fraction of sp³-hybridized carbons (Fsp3) is 0.667. The third-order valence-corrected chi connectivity index (χ3v) is 2.74. The van der Waals surface area contributed by atoms with Crippen molar-refractivity contribution in [2.45, 2.75) is 32.3 Å². The van der Waals surface area contributed by atoms with E-state index in [-0.39, 0.29) is 6.61 Å². The number of methoxy groups -OCH3 is 2. The molecule has 0 fully saturated rings. The van der Waals surface area contributed by atoms with Crippen molar-refractivity contribution in [2.24, 2.45) is 0 Å². The highest BCUT2D eigenvalue weighted by atomic mass is 16.5. The van der Waals surface area contributed by atoms with Crippen LogP contribution in [-0.2, 0) is 28.5 Å². The average molecular weight is 376 g/mol. The summed E-state index contributed by atoms with van der Waals surface area (Å²) in [6, 6.07) is 0. The monoisotopic (exact) mass is 376 g/mol. The summed E-state index contributed by atoms with van der Waals surface area (Å²) < 4.78 is 20.3. The SMILES string of the molecule is CCCOC(C=CC(=O)O)(C=CC(=O)O)COC.CCCOCCOC. The zero-order valence-corrected chi connectivity index (χ0v) is 16.1. The molecule has 0 aliphatic rings. The van der Waals surface area contributed by atoms with E-state index in [1.54, 1.807) is 7.11 Å². The molecule has 0 aliphatic heterocycles. The van der Waals surface area contributed by atoms with Gasteiger partial charge >= 0.3 is 11.9 Å². The zero-order chi connectivity index (χ0) is 20.3. The molecule has 0 rings (SSSR count). The minimum atomic E-state index is -1.18. The molecule has 0 radical (unpaired) electrons. The molecular formula is C18H32O8. The molecule has 0 bridgehead atoms. The van der Waals surface area contributed by atoms with Gasteiger partial charge in [-0.1, -0.05) is 13.8 Å². The number of carboxylic acids is 2. The van der Waals surface area contributed by atoms with Crippen LogP contribution >= 0.6 is 0 Å². The molecule has 0 atom stereocenters. The quantitative estimate of drug-likeness (QED) is 0.350. The van der Waals surface area contributed by atoms with E-state index in [0.717, 1.165) is 31.8 Å². The van der Waals surface area contributed by atoms with E-state index in [9.17, 15) is 9.59 Å². The molecule has 0 aliphatic carbocycles. The van der Waals surface area contributed by atoms with E-state index in [0.29, 0.717) is 19.6 Å². The van der Waals surface area contributed by atoms with E-state index >= 15 is 0 Å². The molecule has 26 heavy (non-hydrogen) atoms. The molecule has 0 saturated heterocycles. The second kappa shape index (κ2) is 18.1. The van der Waals surface area contributed by atoms with Gasteiger partial charge in [0.05, 0.1) is 19.8 Å². The second-order valence-electron chi connectivity index (χ2n) is 5.18. The normalized spacial score (nSPS) is 13.4. The highest BCUT2D eigenvalue weighted by molar-refractivity contribution is 5.81. The predicted molar refractivity (Wildman–Crippen MR) is 97.4 cm³/mol. The van der Waals surface area contributed by atoms with E-state index in [2.05, 4.69) is 6.92 Å². The Kier molecular flexibility index (Phi) is 18.4. The summed E-state index contributed by atoms with van der Waals surface area (Å²) in [5.41, 5.74) is -1.18. The lowest BCUT2D eigenvalue weighted by Gasteiger charge is -2.26. The standard InChI is InChI=1S/C12H18O6.C6H14O2/c1-3-8-18-12(9-17-2,6-4-10(13)14)7-5-11(15)16;1-3-4-8-6-5-7-2/h4-7H,3,8-9H2,1-2H3,(H,13,14)(H,15,16);3-6H2,1-2H3.